The molecule has 1 aliphatic carbocycles. The van der Waals surface area contributed by atoms with Gasteiger partial charge < -0.3 is 4.74 Å². The van der Waals surface area contributed by atoms with Crippen LogP contribution in [-0.4, -0.2) is 37.1 Å². The average Bonchev–Trinajstić information content (AvgIpc) is 3.35. The predicted molar refractivity (Wildman–Crippen MR) is 90.8 cm³/mol. The number of rotatable bonds is 6. The van der Waals surface area contributed by atoms with Crippen molar-refractivity contribution in [3.05, 3.63) is 42.2 Å². The highest BCUT2D eigenvalue weighted by molar-refractivity contribution is 5.72. The summed E-state index contributed by atoms with van der Waals surface area (Å²) < 4.78 is 6.90. The van der Waals surface area contributed by atoms with Crippen molar-refractivity contribution in [3.8, 4) is 11.3 Å². The molecular weight excluding hydrogens is 318 g/mol. The van der Waals surface area contributed by atoms with Gasteiger partial charge in [-0.25, -0.2) is 4.98 Å². The molecule has 0 amide bonds. The van der Waals surface area contributed by atoms with Crippen LogP contribution in [0.25, 0.3) is 16.9 Å². The highest BCUT2D eigenvalue weighted by Gasteiger charge is 2.25. The van der Waals surface area contributed by atoms with Gasteiger partial charge in [0.1, 0.15) is 12.2 Å². The molecule has 0 radical (unpaired) electrons. The maximum absolute atomic E-state index is 11.9. The molecule has 7 heteroatoms. The first-order chi connectivity index (χ1) is 12.2. The largest absolute Gasteiger partial charge is 0.466 e. The number of fused-ring (bicyclic) bond motifs is 1. The molecule has 0 saturated heterocycles. The fraction of sp³-hybridized carbons (Fsp3) is 0.389. The standard InChI is InChI=1S/C18H19N5O2/c1-2-25-17(24)9-16-21-22-18-14(8-12-5-6-12)20-15(11-23(16)18)13-4-3-7-19-10-13/h3-4,7,10-12H,2,5-6,8-9H2,1H3. The van der Waals surface area contributed by atoms with Gasteiger partial charge >= 0.3 is 5.97 Å². The fourth-order valence-electron chi connectivity index (χ4n) is 2.85. The Morgan fingerprint density at radius 3 is 2.96 bits per heavy atom. The number of hydrogen-bond acceptors (Lipinski definition) is 6. The second kappa shape index (κ2) is 6.58. The minimum Gasteiger partial charge on any atom is -0.466 e. The van der Waals surface area contributed by atoms with Crippen molar-refractivity contribution in [2.24, 2.45) is 5.92 Å². The number of ether oxygens (including phenoxy) is 1. The highest BCUT2D eigenvalue weighted by Crippen LogP contribution is 2.33. The number of carbonyl (C=O) groups excluding carboxylic acids is 1. The summed E-state index contributed by atoms with van der Waals surface area (Å²) in [4.78, 5) is 20.8. The van der Waals surface area contributed by atoms with Crippen molar-refractivity contribution in [3.63, 3.8) is 0 Å². The van der Waals surface area contributed by atoms with Crippen LogP contribution < -0.4 is 0 Å². The average molecular weight is 337 g/mol. The summed E-state index contributed by atoms with van der Waals surface area (Å²) in [6.07, 6.45) is 8.83. The first kappa shape index (κ1) is 15.7. The lowest BCUT2D eigenvalue weighted by molar-refractivity contribution is -0.142. The van der Waals surface area contributed by atoms with E-state index >= 15 is 0 Å². The molecule has 1 saturated carbocycles. The summed E-state index contributed by atoms with van der Waals surface area (Å²) in [6.45, 7) is 2.14. The SMILES string of the molecule is CCOC(=O)Cc1nnc2c(CC3CC3)nc(-c3cccnc3)cn12. The topological polar surface area (TPSA) is 82.3 Å². The van der Waals surface area contributed by atoms with E-state index in [1.807, 2.05) is 22.7 Å². The Balaban J connectivity index is 1.79. The zero-order chi connectivity index (χ0) is 17.2. The molecule has 0 aromatic carbocycles. The third kappa shape index (κ3) is 3.35. The summed E-state index contributed by atoms with van der Waals surface area (Å²) >= 11 is 0. The molecule has 0 N–H and O–H groups in total. The molecule has 0 unspecified atom stereocenters. The van der Waals surface area contributed by atoms with Gasteiger partial charge in [-0.1, -0.05) is 0 Å². The zero-order valence-corrected chi connectivity index (χ0v) is 14.1. The Bertz CT molecular complexity index is 902. The van der Waals surface area contributed by atoms with Gasteiger partial charge in [-0.3, -0.25) is 14.2 Å². The summed E-state index contributed by atoms with van der Waals surface area (Å²) in [7, 11) is 0. The van der Waals surface area contributed by atoms with E-state index in [-0.39, 0.29) is 12.4 Å². The van der Waals surface area contributed by atoms with Crippen molar-refractivity contribution in [1.29, 1.82) is 0 Å². The quantitative estimate of drug-likeness (QED) is 0.642. The van der Waals surface area contributed by atoms with Gasteiger partial charge in [-0.05, 0) is 44.2 Å². The van der Waals surface area contributed by atoms with Crippen molar-refractivity contribution >= 4 is 11.6 Å². The third-order valence-electron chi connectivity index (χ3n) is 4.28. The lowest BCUT2D eigenvalue weighted by atomic mass is 10.2. The molecule has 4 rings (SSSR count). The molecule has 1 aliphatic rings. The summed E-state index contributed by atoms with van der Waals surface area (Å²) in [5, 5.41) is 8.47. The minimum absolute atomic E-state index is 0.0916. The monoisotopic (exact) mass is 337 g/mol. The second-order valence-corrected chi connectivity index (χ2v) is 6.25. The zero-order valence-electron chi connectivity index (χ0n) is 14.1. The second-order valence-electron chi connectivity index (χ2n) is 6.25. The lowest BCUT2D eigenvalue weighted by Gasteiger charge is -2.08. The minimum atomic E-state index is -0.305. The summed E-state index contributed by atoms with van der Waals surface area (Å²) in [6, 6.07) is 3.85. The van der Waals surface area contributed by atoms with Crippen LogP contribution in [0.2, 0.25) is 0 Å². The molecule has 25 heavy (non-hydrogen) atoms. The van der Waals surface area contributed by atoms with Crippen molar-refractivity contribution in [2.45, 2.75) is 32.6 Å². The number of carbonyl (C=O) groups is 1. The van der Waals surface area contributed by atoms with Crippen molar-refractivity contribution < 1.29 is 9.53 Å². The van der Waals surface area contributed by atoms with Crippen LogP contribution in [0.15, 0.2) is 30.7 Å². The Morgan fingerprint density at radius 2 is 2.24 bits per heavy atom. The lowest BCUT2D eigenvalue weighted by Crippen LogP contribution is -2.11. The van der Waals surface area contributed by atoms with Crippen LogP contribution in [0, 0.1) is 5.92 Å². The van der Waals surface area contributed by atoms with Gasteiger partial charge in [0.15, 0.2) is 5.65 Å². The van der Waals surface area contributed by atoms with E-state index < -0.39 is 0 Å². The van der Waals surface area contributed by atoms with Crippen LogP contribution in [0.1, 0.15) is 31.3 Å². The Kier molecular flexibility index (Phi) is 4.13. The van der Waals surface area contributed by atoms with E-state index in [1.54, 1.807) is 19.3 Å². The van der Waals surface area contributed by atoms with Crippen LogP contribution in [0.5, 0.6) is 0 Å². The maximum Gasteiger partial charge on any atom is 0.313 e. The summed E-state index contributed by atoms with van der Waals surface area (Å²) in [5.74, 6) is 0.934. The van der Waals surface area contributed by atoms with E-state index in [1.165, 1.54) is 12.8 Å². The van der Waals surface area contributed by atoms with Gasteiger partial charge in [0.05, 0.1) is 18.0 Å². The van der Waals surface area contributed by atoms with Crippen molar-refractivity contribution in [1.82, 2.24) is 24.6 Å². The number of aromatic nitrogens is 5. The van der Waals surface area contributed by atoms with E-state index in [0.29, 0.717) is 18.3 Å². The predicted octanol–water partition coefficient (Wildman–Crippen LogP) is 2.24. The number of nitrogens with zero attached hydrogens (tertiary/aromatic N) is 5. The van der Waals surface area contributed by atoms with Crippen LogP contribution in [0.3, 0.4) is 0 Å². The normalized spacial score (nSPS) is 14.0. The molecule has 0 aliphatic heterocycles. The molecular formula is C18H19N5O2. The Labute approximate surface area is 145 Å². The van der Waals surface area contributed by atoms with Gasteiger partial charge in [0, 0.05) is 24.2 Å². The molecule has 0 spiro atoms. The third-order valence-corrected chi connectivity index (χ3v) is 4.28. The van der Waals surface area contributed by atoms with Gasteiger partial charge in [0.2, 0.25) is 0 Å². The Morgan fingerprint density at radius 1 is 1.36 bits per heavy atom. The molecule has 0 atom stereocenters. The molecule has 128 valence electrons. The Hall–Kier alpha value is -2.83. The highest BCUT2D eigenvalue weighted by atomic mass is 16.5. The molecule has 1 fully saturated rings. The van der Waals surface area contributed by atoms with Crippen molar-refractivity contribution in [2.75, 3.05) is 6.61 Å². The maximum atomic E-state index is 11.9. The number of pyridine rings is 1. The first-order valence-electron chi connectivity index (χ1n) is 8.54. The van der Waals surface area contributed by atoms with Gasteiger partial charge in [-0.2, -0.15) is 0 Å². The van der Waals surface area contributed by atoms with E-state index in [2.05, 4.69) is 15.2 Å². The fourth-order valence-corrected chi connectivity index (χ4v) is 2.85. The van der Waals surface area contributed by atoms with Crippen LogP contribution in [-0.2, 0) is 22.4 Å². The number of esters is 1. The smallest absolute Gasteiger partial charge is 0.313 e. The molecule has 0 bridgehead atoms. The van der Waals surface area contributed by atoms with E-state index in [9.17, 15) is 4.79 Å². The summed E-state index contributed by atoms with van der Waals surface area (Å²) in [5.41, 5.74) is 3.38. The van der Waals surface area contributed by atoms with Gasteiger partial charge in [0.25, 0.3) is 0 Å². The van der Waals surface area contributed by atoms with Crippen LogP contribution in [0.4, 0.5) is 0 Å². The number of hydrogen-bond donors (Lipinski definition) is 0. The van der Waals surface area contributed by atoms with E-state index in [4.69, 9.17) is 9.72 Å². The molecule has 3 heterocycles. The van der Waals surface area contributed by atoms with Crippen LogP contribution >= 0.6 is 0 Å². The molecule has 3 aromatic heterocycles. The van der Waals surface area contributed by atoms with Gasteiger partial charge in [-0.15, -0.1) is 10.2 Å². The van der Waals surface area contributed by atoms with E-state index in [0.717, 1.165) is 29.0 Å². The molecule has 3 aromatic rings. The first-order valence-corrected chi connectivity index (χ1v) is 8.54. The molecule has 7 nitrogen and oxygen atoms in total.